The molecule has 0 fully saturated rings. The normalized spacial score (nSPS) is 10.6. The average molecular weight is 285 g/mol. The lowest BCUT2D eigenvalue weighted by Crippen LogP contribution is -1.88. The number of aromatic nitrogens is 2. The van der Waals surface area contributed by atoms with Crippen LogP contribution in [0.2, 0.25) is 0 Å². The van der Waals surface area contributed by atoms with Gasteiger partial charge in [0.05, 0.1) is 11.2 Å². The van der Waals surface area contributed by atoms with Crippen LogP contribution in [0.4, 0.5) is 0 Å². The lowest BCUT2D eigenvalue weighted by Gasteiger charge is -2.04. The van der Waals surface area contributed by atoms with E-state index in [0.29, 0.717) is 0 Å². The van der Waals surface area contributed by atoms with Crippen molar-refractivity contribution in [2.45, 2.75) is 0 Å². The van der Waals surface area contributed by atoms with Crippen LogP contribution in [0.3, 0.4) is 0 Å². The minimum Gasteiger partial charge on any atom is -0.236 e. The molecule has 3 rings (SSSR count). The van der Waals surface area contributed by atoms with Crippen molar-refractivity contribution >= 4 is 26.8 Å². The molecule has 0 aliphatic carbocycles. The van der Waals surface area contributed by atoms with Gasteiger partial charge >= 0.3 is 0 Å². The molecule has 0 radical (unpaired) electrons. The zero-order chi connectivity index (χ0) is 11.7. The Bertz CT molecular complexity index is 657. The summed E-state index contributed by atoms with van der Waals surface area (Å²) in [7, 11) is 0. The molecule has 0 N–H and O–H groups in total. The third-order valence-electron chi connectivity index (χ3n) is 2.66. The van der Waals surface area contributed by atoms with E-state index in [1.54, 1.807) is 6.33 Å². The van der Waals surface area contributed by atoms with Gasteiger partial charge in [0.2, 0.25) is 0 Å². The quantitative estimate of drug-likeness (QED) is 0.673. The van der Waals surface area contributed by atoms with Crippen molar-refractivity contribution in [2.75, 3.05) is 0 Å². The molecule has 1 heterocycles. The second kappa shape index (κ2) is 4.26. The number of fused-ring (bicyclic) bond motifs is 1. The number of benzene rings is 2. The van der Waals surface area contributed by atoms with E-state index in [-0.39, 0.29) is 0 Å². The highest BCUT2D eigenvalue weighted by molar-refractivity contribution is 9.10. The summed E-state index contributed by atoms with van der Waals surface area (Å²) in [4.78, 5) is 8.64. The molecular formula is C14H9BrN2. The van der Waals surface area contributed by atoms with E-state index in [4.69, 9.17) is 0 Å². The van der Waals surface area contributed by atoms with E-state index in [9.17, 15) is 0 Å². The average Bonchev–Trinajstić information content (AvgIpc) is 2.39. The van der Waals surface area contributed by atoms with Crippen LogP contribution >= 0.6 is 15.9 Å². The fourth-order valence-electron chi connectivity index (χ4n) is 1.84. The molecule has 3 heteroatoms. The summed E-state index contributed by atoms with van der Waals surface area (Å²) in [6.07, 6.45) is 1.61. The highest BCUT2D eigenvalue weighted by Crippen LogP contribution is 2.25. The molecule has 0 saturated heterocycles. The number of hydrogen-bond donors (Lipinski definition) is 0. The van der Waals surface area contributed by atoms with Gasteiger partial charge < -0.3 is 0 Å². The number of hydrogen-bond acceptors (Lipinski definition) is 2. The number of rotatable bonds is 1. The molecule has 0 unspecified atom stereocenters. The fourth-order valence-corrected chi connectivity index (χ4v) is 2.11. The lowest BCUT2D eigenvalue weighted by molar-refractivity contribution is 1.22. The van der Waals surface area contributed by atoms with Gasteiger partial charge in [0.15, 0.2) is 0 Å². The van der Waals surface area contributed by atoms with Crippen molar-refractivity contribution in [1.29, 1.82) is 0 Å². The van der Waals surface area contributed by atoms with Crippen molar-refractivity contribution in [3.63, 3.8) is 0 Å². The van der Waals surface area contributed by atoms with Crippen LogP contribution in [0.1, 0.15) is 0 Å². The molecule has 2 nitrogen and oxygen atoms in total. The molecule has 0 saturated carbocycles. The minimum atomic E-state index is 0.973. The molecule has 0 aliphatic heterocycles. The van der Waals surface area contributed by atoms with E-state index in [2.05, 4.69) is 38.0 Å². The molecule has 0 aliphatic rings. The van der Waals surface area contributed by atoms with Gasteiger partial charge in [0, 0.05) is 15.4 Å². The van der Waals surface area contributed by atoms with Gasteiger partial charge in [-0.25, -0.2) is 9.97 Å². The lowest BCUT2D eigenvalue weighted by atomic mass is 10.1. The zero-order valence-corrected chi connectivity index (χ0v) is 10.6. The molecule has 1 aromatic heterocycles. The summed E-state index contributed by atoms with van der Waals surface area (Å²) in [6, 6.07) is 16.2. The maximum atomic E-state index is 4.38. The monoisotopic (exact) mass is 284 g/mol. The van der Waals surface area contributed by atoms with Gasteiger partial charge in [0.1, 0.15) is 6.33 Å². The summed E-state index contributed by atoms with van der Waals surface area (Å²) in [5, 5.41) is 1.08. The summed E-state index contributed by atoms with van der Waals surface area (Å²) < 4.78 is 1.07. The predicted molar refractivity (Wildman–Crippen MR) is 72.7 cm³/mol. The molecule has 0 spiro atoms. The molecular weight excluding hydrogens is 276 g/mol. The largest absolute Gasteiger partial charge is 0.236 e. The van der Waals surface area contributed by atoms with Crippen LogP contribution in [0.25, 0.3) is 22.2 Å². The second-order valence-electron chi connectivity index (χ2n) is 3.75. The summed E-state index contributed by atoms with van der Waals surface area (Å²) in [5.74, 6) is 0. The Hall–Kier alpha value is -1.74. The van der Waals surface area contributed by atoms with Gasteiger partial charge in [0.25, 0.3) is 0 Å². The minimum absolute atomic E-state index is 0.973. The van der Waals surface area contributed by atoms with Gasteiger partial charge in [-0.3, -0.25) is 0 Å². The molecule has 0 bridgehead atoms. The zero-order valence-electron chi connectivity index (χ0n) is 8.97. The van der Waals surface area contributed by atoms with Gasteiger partial charge in [-0.1, -0.05) is 46.3 Å². The number of nitrogens with zero attached hydrogens (tertiary/aromatic N) is 2. The summed E-state index contributed by atoms with van der Waals surface area (Å²) in [6.45, 7) is 0. The Labute approximate surface area is 107 Å². The molecule has 0 atom stereocenters. The van der Waals surface area contributed by atoms with Crippen molar-refractivity contribution < 1.29 is 0 Å². The second-order valence-corrected chi connectivity index (χ2v) is 4.66. The Morgan fingerprint density at radius 1 is 0.824 bits per heavy atom. The van der Waals surface area contributed by atoms with Crippen molar-refractivity contribution in [1.82, 2.24) is 9.97 Å². The maximum absolute atomic E-state index is 4.38. The third kappa shape index (κ3) is 1.94. The van der Waals surface area contributed by atoms with Crippen LogP contribution < -0.4 is 0 Å². The smallest absolute Gasteiger partial charge is 0.116 e. The maximum Gasteiger partial charge on any atom is 0.116 e. The third-order valence-corrected chi connectivity index (χ3v) is 3.19. The molecule has 2 aromatic carbocycles. The van der Waals surface area contributed by atoms with Crippen LogP contribution in [0.5, 0.6) is 0 Å². The Morgan fingerprint density at radius 3 is 2.41 bits per heavy atom. The molecule has 82 valence electrons. The first-order valence-corrected chi connectivity index (χ1v) is 6.09. The van der Waals surface area contributed by atoms with E-state index < -0.39 is 0 Å². The first-order valence-electron chi connectivity index (χ1n) is 5.30. The van der Waals surface area contributed by atoms with Crippen molar-refractivity contribution in [3.05, 3.63) is 59.3 Å². The van der Waals surface area contributed by atoms with Crippen LogP contribution in [-0.4, -0.2) is 9.97 Å². The van der Waals surface area contributed by atoms with Gasteiger partial charge in [-0.05, 0) is 18.2 Å². The molecule has 0 amide bonds. The van der Waals surface area contributed by atoms with E-state index in [0.717, 1.165) is 26.6 Å². The van der Waals surface area contributed by atoms with Gasteiger partial charge in [-0.2, -0.15) is 0 Å². The van der Waals surface area contributed by atoms with Crippen LogP contribution in [0, 0.1) is 0 Å². The van der Waals surface area contributed by atoms with E-state index in [1.807, 2.05) is 36.4 Å². The summed E-state index contributed by atoms with van der Waals surface area (Å²) >= 11 is 3.43. The first-order chi connectivity index (χ1) is 8.34. The summed E-state index contributed by atoms with van der Waals surface area (Å²) in [5.41, 5.74) is 3.05. The van der Waals surface area contributed by atoms with Crippen LogP contribution in [-0.2, 0) is 0 Å². The molecule has 17 heavy (non-hydrogen) atoms. The Morgan fingerprint density at radius 2 is 1.59 bits per heavy atom. The van der Waals surface area contributed by atoms with Crippen LogP contribution in [0.15, 0.2) is 59.3 Å². The Balaban J connectivity index is 2.27. The standard InChI is InChI=1S/C14H9BrN2/c15-11-7-5-10(6-8-11)14-12-3-1-2-4-13(12)16-9-17-14/h1-9H. The van der Waals surface area contributed by atoms with Crippen molar-refractivity contribution in [2.24, 2.45) is 0 Å². The van der Waals surface area contributed by atoms with E-state index in [1.165, 1.54) is 0 Å². The number of para-hydroxylation sites is 1. The van der Waals surface area contributed by atoms with E-state index >= 15 is 0 Å². The first kappa shape index (κ1) is 10.4. The van der Waals surface area contributed by atoms with Crippen molar-refractivity contribution in [3.8, 4) is 11.3 Å². The topological polar surface area (TPSA) is 25.8 Å². The Kier molecular flexibility index (Phi) is 2.61. The predicted octanol–water partition coefficient (Wildman–Crippen LogP) is 4.06. The van der Waals surface area contributed by atoms with Gasteiger partial charge in [-0.15, -0.1) is 0 Å². The number of halogens is 1. The SMILES string of the molecule is Brc1ccc(-c2ncnc3ccccc23)cc1. The fraction of sp³-hybridized carbons (Fsp3) is 0. The highest BCUT2D eigenvalue weighted by atomic mass is 79.9. The highest BCUT2D eigenvalue weighted by Gasteiger charge is 2.04. The molecule has 3 aromatic rings.